The lowest BCUT2D eigenvalue weighted by Gasteiger charge is -2.37. The molecular weight excluding hydrogens is 250 g/mol. The van der Waals surface area contributed by atoms with E-state index in [9.17, 15) is 8.78 Å². The molecule has 0 radical (unpaired) electrons. The van der Waals surface area contributed by atoms with E-state index in [0.717, 1.165) is 32.0 Å². The molecule has 0 spiro atoms. The molecular formula is C14H20F2N2O. The van der Waals surface area contributed by atoms with Gasteiger partial charge in [-0.05, 0) is 18.9 Å². The van der Waals surface area contributed by atoms with Crippen molar-refractivity contribution in [2.24, 2.45) is 5.73 Å². The molecule has 5 heteroatoms. The maximum atomic E-state index is 13.9. The highest BCUT2D eigenvalue weighted by Crippen LogP contribution is 2.27. The molecule has 0 amide bonds. The van der Waals surface area contributed by atoms with E-state index in [4.69, 9.17) is 10.5 Å². The summed E-state index contributed by atoms with van der Waals surface area (Å²) in [5.41, 5.74) is 6.11. The van der Waals surface area contributed by atoms with Crippen molar-refractivity contribution in [3.8, 4) is 0 Å². The SMILES string of the molecule is COC1CCN(C(CN)c2cccc(F)c2F)CC1. The number of nitrogens with zero attached hydrogens (tertiary/aromatic N) is 1. The van der Waals surface area contributed by atoms with Crippen molar-refractivity contribution >= 4 is 0 Å². The van der Waals surface area contributed by atoms with Gasteiger partial charge in [-0.25, -0.2) is 8.78 Å². The summed E-state index contributed by atoms with van der Waals surface area (Å²) in [4.78, 5) is 2.10. The molecule has 1 aliphatic rings. The zero-order chi connectivity index (χ0) is 13.8. The fraction of sp³-hybridized carbons (Fsp3) is 0.571. The Kier molecular flexibility index (Phi) is 4.85. The molecule has 2 rings (SSSR count). The van der Waals surface area contributed by atoms with E-state index in [1.165, 1.54) is 6.07 Å². The predicted molar refractivity (Wildman–Crippen MR) is 69.8 cm³/mol. The quantitative estimate of drug-likeness (QED) is 0.910. The van der Waals surface area contributed by atoms with E-state index in [0.29, 0.717) is 5.56 Å². The van der Waals surface area contributed by atoms with Crippen molar-refractivity contribution in [2.45, 2.75) is 25.0 Å². The molecule has 0 saturated carbocycles. The molecule has 1 aliphatic heterocycles. The summed E-state index contributed by atoms with van der Waals surface area (Å²) in [5.74, 6) is -1.60. The number of rotatable bonds is 4. The van der Waals surface area contributed by atoms with E-state index in [2.05, 4.69) is 4.90 Å². The normalized spacial score (nSPS) is 19.6. The smallest absolute Gasteiger partial charge is 0.163 e. The molecule has 2 N–H and O–H groups in total. The maximum absolute atomic E-state index is 13.9. The molecule has 0 aliphatic carbocycles. The van der Waals surface area contributed by atoms with Gasteiger partial charge in [0.05, 0.1) is 12.1 Å². The maximum Gasteiger partial charge on any atom is 0.163 e. The average molecular weight is 270 g/mol. The van der Waals surface area contributed by atoms with Gasteiger partial charge in [0.1, 0.15) is 0 Å². The summed E-state index contributed by atoms with van der Waals surface area (Å²) >= 11 is 0. The topological polar surface area (TPSA) is 38.5 Å². The first-order valence-corrected chi connectivity index (χ1v) is 6.58. The molecule has 1 fully saturated rings. The van der Waals surface area contributed by atoms with Crippen molar-refractivity contribution in [1.82, 2.24) is 4.90 Å². The van der Waals surface area contributed by atoms with E-state index >= 15 is 0 Å². The monoisotopic (exact) mass is 270 g/mol. The number of nitrogens with two attached hydrogens (primary N) is 1. The predicted octanol–water partition coefficient (Wildman–Crippen LogP) is 2.08. The van der Waals surface area contributed by atoms with Gasteiger partial charge in [0, 0.05) is 32.3 Å². The third kappa shape index (κ3) is 3.11. The molecule has 1 aromatic rings. The third-order valence-corrected chi connectivity index (χ3v) is 3.81. The number of halogens is 2. The Morgan fingerprint density at radius 3 is 2.63 bits per heavy atom. The number of methoxy groups -OCH3 is 1. The number of piperidine rings is 1. The Bertz CT molecular complexity index is 420. The highest BCUT2D eigenvalue weighted by Gasteiger charge is 2.27. The number of hydrogen-bond donors (Lipinski definition) is 1. The van der Waals surface area contributed by atoms with Gasteiger partial charge in [-0.2, -0.15) is 0 Å². The second-order valence-electron chi connectivity index (χ2n) is 4.87. The minimum Gasteiger partial charge on any atom is -0.381 e. The average Bonchev–Trinajstić information content (AvgIpc) is 2.45. The highest BCUT2D eigenvalue weighted by molar-refractivity contribution is 5.23. The van der Waals surface area contributed by atoms with Gasteiger partial charge in [0.2, 0.25) is 0 Å². The van der Waals surface area contributed by atoms with Crippen LogP contribution >= 0.6 is 0 Å². The van der Waals surface area contributed by atoms with E-state index in [1.807, 2.05) is 0 Å². The fourth-order valence-electron chi connectivity index (χ4n) is 2.67. The lowest BCUT2D eigenvalue weighted by Crippen LogP contribution is -2.42. The number of ether oxygens (including phenoxy) is 1. The lowest BCUT2D eigenvalue weighted by molar-refractivity contribution is 0.0275. The first-order valence-electron chi connectivity index (χ1n) is 6.58. The summed E-state index contributed by atoms with van der Waals surface area (Å²) in [7, 11) is 1.70. The molecule has 0 bridgehead atoms. The fourth-order valence-corrected chi connectivity index (χ4v) is 2.67. The van der Waals surface area contributed by atoms with Gasteiger partial charge in [-0.1, -0.05) is 12.1 Å². The Balaban J connectivity index is 2.14. The Hall–Kier alpha value is -1.04. The summed E-state index contributed by atoms with van der Waals surface area (Å²) < 4.78 is 32.5. The van der Waals surface area contributed by atoms with Crippen LogP contribution in [0.3, 0.4) is 0 Å². The summed E-state index contributed by atoms with van der Waals surface area (Å²) in [5, 5.41) is 0. The molecule has 1 atom stereocenters. The van der Waals surface area contributed by atoms with Crippen LogP contribution in [0.1, 0.15) is 24.4 Å². The van der Waals surface area contributed by atoms with Crippen LogP contribution in [0.15, 0.2) is 18.2 Å². The van der Waals surface area contributed by atoms with Crippen molar-refractivity contribution in [1.29, 1.82) is 0 Å². The molecule has 106 valence electrons. The van der Waals surface area contributed by atoms with Crippen LogP contribution in [0, 0.1) is 11.6 Å². The molecule has 3 nitrogen and oxygen atoms in total. The van der Waals surface area contributed by atoms with Crippen LogP contribution in [0.5, 0.6) is 0 Å². The molecule has 0 aromatic heterocycles. The Morgan fingerprint density at radius 1 is 1.37 bits per heavy atom. The van der Waals surface area contributed by atoms with Crippen molar-refractivity contribution < 1.29 is 13.5 Å². The second-order valence-corrected chi connectivity index (χ2v) is 4.87. The lowest BCUT2D eigenvalue weighted by atomic mass is 10.00. The molecule has 1 saturated heterocycles. The van der Waals surface area contributed by atoms with Crippen molar-refractivity contribution in [2.75, 3.05) is 26.7 Å². The van der Waals surface area contributed by atoms with Gasteiger partial charge >= 0.3 is 0 Å². The van der Waals surface area contributed by atoms with Crippen LogP contribution in [-0.4, -0.2) is 37.7 Å². The Morgan fingerprint density at radius 2 is 2.05 bits per heavy atom. The van der Waals surface area contributed by atoms with Gasteiger partial charge in [-0.3, -0.25) is 4.90 Å². The molecule has 1 aromatic carbocycles. The first kappa shape index (κ1) is 14.4. The van der Waals surface area contributed by atoms with Crippen LogP contribution in [0.4, 0.5) is 8.78 Å². The first-order chi connectivity index (χ1) is 9.17. The largest absolute Gasteiger partial charge is 0.381 e. The zero-order valence-corrected chi connectivity index (χ0v) is 11.1. The number of likely N-dealkylation sites (tertiary alicyclic amines) is 1. The minimum atomic E-state index is -0.817. The van der Waals surface area contributed by atoms with Crippen molar-refractivity contribution in [3.05, 3.63) is 35.4 Å². The van der Waals surface area contributed by atoms with Gasteiger partial charge < -0.3 is 10.5 Å². The van der Waals surface area contributed by atoms with Gasteiger partial charge in [-0.15, -0.1) is 0 Å². The second kappa shape index (κ2) is 6.41. The number of hydrogen-bond acceptors (Lipinski definition) is 3. The highest BCUT2D eigenvalue weighted by atomic mass is 19.2. The standard InChI is InChI=1S/C14H20F2N2O/c1-19-10-5-7-18(8-6-10)13(9-17)11-3-2-4-12(15)14(11)16/h2-4,10,13H,5-9,17H2,1H3. The zero-order valence-electron chi connectivity index (χ0n) is 11.1. The molecule has 19 heavy (non-hydrogen) atoms. The van der Waals surface area contributed by atoms with Crippen LogP contribution < -0.4 is 5.73 Å². The van der Waals surface area contributed by atoms with Crippen LogP contribution in [0.25, 0.3) is 0 Å². The van der Waals surface area contributed by atoms with E-state index in [-0.39, 0.29) is 18.7 Å². The van der Waals surface area contributed by atoms with Gasteiger partial charge in [0.15, 0.2) is 11.6 Å². The Labute approximate surface area is 112 Å². The van der Waals surface area contributed by atoms with Crippen LogP contribution in [-0.2, 0) is 4.74 Å². The summed E-state index contributed by atoms with van der Waals surface area (Å²) in [6, 6.07) is 3.99. The van der Waals surface area contributed by atoms with E-state index in [1.54, 1.807) is 13.2 Å². The van der Waals surface area contributed by atoms with Crippen molar-refractivity contribution in [3.63, 3.8) is 0 Å². The third-order valence-electron chi connectivity index (χ3n) is 3.81. The molecule has 1 heterocycles. The number of benzene rings is 1. The summed E-state index contributed by atoms with van der Waals surface area (Å²) in [6.45, 7) is 1.85. The van der Waals surface area contributed by atoms with E-state index < -0.39 is 11.6 Å². The van der Waals surface area contributed by atoms with Gasteiger partial charge in [0.25, 0.3) is 0 Å². The minimum absolute atomic E-state index is 0.257. The molecule has 1 unspecified atom stereocenters. The van der Waals surface area contributed by atoms with Crippen LogP contribution in [0.2, 0.25) is 0 Å². The summed E-state index contributed by atoms with van der Waals surface area (Å²) in [6.07, 6.45) is 2.04.